The van der Waals surface area contributed by atoms with Crippen LogP contribution in [-0.4, -0.2) is 15.5 Å². The summed E-state index contributed by atoms with van der Waals surface area (Å²) in [6.45, 7) is 2.60. The normalized spacial score (nSPS) is 32.0. The van der Waals surface area contributed by atoms with Crippen LogP contribution in [-0.2, 0) is 11.3 Å². The first-order chi connectivity index (χ1) is 12.6. The van der Waals surface area contributed by atoms with Crippen molar-refractivity contribution in [1.29, 1.82) is 0 Å². The van der Waals surface area contributed by atoms with Gasteiger partial charge in [0.2, 0.25) is 5.91 Å². The summed E-state index contributed by atoms with van der Waals surface area (Å²) in [5.74, 6) is 3.66. The molecule has 4 bridgehead atoms. The molecule has 1 heterocycles. The van der Waals surface area contributed by atoms with E-state index in [0.29, 0.717) is 12.5 Å². The molecule has 4 aliphatic rings. The number of rotatable bonds is 4. The van der Waals surface area contributed by atoms with Gasteiger partial charge in [0.15, 0.2) is 0 Å². The Bertz CT molecular complexity index is 802. The lowest BCUT2D eigenvalue weighted by molar-refractivity contribution is -0.146. The Hall–Kier alpha value is -2.10. The van der Waals surface area contributed by atoms with Crippen molar-refractivity contribution < 1.29 is 4.79 Å². The van der Waals surface area contributed by atoms with Gasteiger partial charge in [-0.05, 0) is 74.8 Å². The molecule has 1 amide bonds. The summed E-state index contributed by atoms with van der Waals surface area (Å²) in [6.07, 6.45) is 11.3. The fraction of sp³-hybridized carbons (Fsp3) is 0.545. The van der Waals surface area contributed by atoms with Crippen LogP contribution in [0.15, 0.2) is 36.7 Å². The highest BCUT2D eigenvalue weighted by Gasteiger charge is 2.54. The molecule has 1 N–H and O–H groups in total. The van der Waals surface area contributed by atoms with Gasteiger partial charge in [-0.1, -0.05) is 18.2 Å². The fourth-order valence-electron chi connectivity index (χ4n) is 6.28. The maximum atomic E-state index is 13.2. The Labute approximate surface area is 155 Å². The number of nitrogens with zero attached hydrogens (tertiary/aromatic N) is 2. The molecule has 6 rings (SSSR count). The molecule has 1 aromatic heterocycles. The van der Waals surface area contributed by atoms with E-state index >= 15 is 0 Å². The Kier molecular flexibility index (Phi) is 3.70. The smallest absolute Gasteiger partial charge is 0.226 e. The van der Waals surface area contributed by atoms with Gasteiger partial charge in [0.1, 0.15) is 5.82 Å². The Balaban J connectivity index is 1.35. The van der Waals surface area contributed by atoms with Crippen molar-refractivity contribution in [1.82, 2.24) is 14.9 Å². The van der Waals surface area contributed by atoms with E-state index in [2.05, 4.69) is 27.0 Å². The molecule has 0 aliphatic heterocycles. The first-order valence-electron chi connectivity index (χ1n) is 9.99. The molecule has 0 atom stereocenters. The van der Waals surface area contributed by atoms with Gasteiger partial charge in [-0.3, -0.25) is 4.79 Å². The summed E-state index contributed by atoms with van der Waals surface area (Å²) >= 11 is 0. The van der Waals surface area contributed by atoms with Gasteiger partial charge in [0.05, 0.1) is 5.69 Å². The second-order valence-corrected chi connectivity index (χ2v) is 8.85. The molecule has 4 aliphatic carbocycles. The molecular weight excluding hydrogens is 322 g/mol. The molecule has 136 valence electrons. The molecule has 0 unspecified atom stereocenters. The molecule has 0 saturated heterocycles. The summed E-state index contributed by atoms with van der Waals surface area (Å²) in [4.78, 5) is 17.5. The minimum absolute atomic E-state index is 0.0748. The first kappa shape index (κ1) is 16.1. The molecule has 4 nitrogen and oxygen atoms in total. The van der Waals surface area contributed by atoms with E-state index in [0.717, 1.165) is 54.1 Å². The standard InChI is InChI=1S/C22H27N3O/c1-15-23-6-7-25(15)20-5-3-2-4-19(20)14-24-21(26)22-11-16-8-17(12-22)10-18(9-16)13-22/h2-7,16-18H,8-14H2,1H3,(H,24,26). The van der Waals surface area contributed by atoms with Crippen LogP contribution in [0.2, 0.25) is 0 Å². The number of carbonyl (C=O) groups excluding carboxylic acids is 1. The highest BCUT2D eigenvalue weighted by atomic mass is 16.2. The number of carbonyl (C=O) groups is 1. The fourth-order valence-corrected chi connectivity index (χ4v) is 6.28. The van der Waals surface area contributed by atoms with E-state index in [9.17, 15) is 4.79 Å². The summed E-state index contributed by atoms with van der Waals surface area (Å²) in [6, 6.07) is 8.29. The maximum absolute atomic E-state index is 13.2. The molecule has 1 aromatic carbocycles. The molecule has 26 heavy (non-hydrogen) atoms. The van der Waals surface area contributed by atoms with Gasteiger partial charge < -0.3 is 9.88 Å². The van der Waals surface area contributed by atoms with Crippen LogP contribution < -0.4 is 5.32 Å². The van der Waals surface area contributed by atoms with Crippen LogP contribution >= 0.6 is 0 Å². The number of benzene rings is 1. The van der Waals surface area contributed by atoms with Crippen molar-refractivity contribution in [2.75, 3.05) is 0 Å². The average molecular weight is 349 g/mol. The van der Waals surface area contributed by atoms with Crippen molar-refractivity contribution in [2.24, 2.45) is 23.2 Å². The minimum atomic E-state index is -0.0748. The summed E-state index contributed by atoms with van der Waals surface area (Å²) in [5, 5.41) is 3.31. The minimum Gasteiger partial charge on any atom is -0.351 e. The zero-order valence-electron chi connectivity index (χ0n) is 15.4. The first-order valence-corrected chi connectivity index (χ1v) is 9.99. The molecule has 0 spiro atoms. The second-order valence-electron chi connectivity index (χ2n) is 8.85. The lowest BCUT2D eigenvalue weighted by atomic mass is 9.49. The lowest BCUT2D eigenvalue weighted by Gasteiger charge is -2.55. The van der Waals surface area contributed by atoms with Crippen molar-refractivity contribution in [3.8, 4) is 5.69 Å². The number of hydrogen-bond acceptors (Lipinski definition) is 2. The van der Waals surface area contributed by atoms with Gasteiger partial charge in [0.25, 0.3) is 0 Å². The Morgan fingerprint density at radius 2 is 1.81 bits per heavy atom. The maximum Gasteiger partial charge on any atom is 0.226 e. The molecule has 2 aromatic rings. The van der Waals surface area contributed by atoms with E-state index in [1.54, 1.807) is 0 Å². The van der Waals surface area contributed by atoms with Gasteiger partial charge in [-0.2, -0.15) is 0 Å². The number of imidazole rings is 1. The number of aromatic nitrogens is 2. The zero-order chi connectivity index (χ0) is 17.7. The van der Waals surface area contributed by atoms with Gasteiger partial charge in [0, 0.05) is 24.4 Å². The SMILES string of the molecule is Cc1nccn1-c1ccccc1CNC(=O)C12CC3CC(CC(C3)C1)C2. The second kappa shape index (κ2) is 5.97. The quantitative estimate of drug-likeness (QED) is 0.906. The van der Waals surface area contributed by atoms with Crippen molar-refractivity contribution >= 4 is 5.91 Å². The third-order valence-electron chi connectivity index (χ3n) is 7.04. The van der Waals surface area contributed by atoms with E-state index in [1.165, 1.54) is 19.3 Å². The van der Waals surface area contributed by atoms with Gasteiger partial charge in [-0.25, -0.2) is 4.98 Å². The lowest BCUT2D eigenvalue weighted by Crippen LogP contribution is -2.53. The molecule has 4 heteroatoms. The number of para-hydroxylation sites is 1. The van der Waals surface area contributed by atoms with Crippen LogP contribution in [0.3, 0.4) is 0 Å². The van der Waals surface area contributed by atoms with Gasteiger partial charge >= 0.3 is 0 Å². The van der Waals surface area contributed by atoms with Crippen LogP contribution in [0.1, 0.15) is 49.9 Å². The molecule has 4 saturated carbocycles. The van der Waals surface area contributed by atoms with E-state index in [-0.39, 0.29) is 5.41 Å². The summed E-state index contributed by atoms with van der Waals surface area (Å²) in [7, 11) is 0. The predicted octanol–water partition coefficient (Wildman–Crippen LogP) is 4.01. The van der Waals surface area contributed by atoms with Crippen molar-refractivity contribution in [2.45, 2.75) is 52.0 Å². The highest BCUT2D eigenvalue weighted by molar-refractivity contribution is 5.83. The van der Waals surface area contributed by atoms with E-state index in [1.807, 2.05) is 31.5 Å². The Morgan fingerprint density at radius 1 is 1.15 bits per heavy atom. The topological polar surface area (TPSA) is 46.9 Å². The third-order valence-corrected chi connectivity index (χ3v) is 7.04. The van der Waals surface area contributed by atoms with Crippen LogP contribution in [0.4, 0.5) is 0 Å². The number of aryl methyl sites for hydroxylation is 1. The molecule has 0 radical (unpaired) electrons. The highest BCUT2D eigenvalue weighted by Crippen LogP contribution is 2.60. The third kappa shape index (κ3) is 2.58. The summed E-state index contributed by atoms with van der Waals surface area (Å²) in [5.41, 5.74) is 2.18. The van der Waals surface area contributed by atoms with Crippen LogP contribution in [0.25, 0.3) is 5.69 Å². The average Bonchev–Trinajstić information content (AvgIpc) is 3.04. The number of nitrogens with one attached hydrogen (secondary N) is 1. The predicted molar refractivity (Wildman–Crippen MR) is 101 cm³/mol. The Morgan fingerprint density at radius 3 is 2.42 bits per heavy atom. The van der Waals surface area contributed by atoms with Crippen LogP contribution in [0, 0.1) is 30.1 Å². The molecular formula is C22H27N3O. The van der Waals surface area contributed by atoms with Crippen LogP contribution in [0.5, 0.6) is 0 Å². The number of amides is 1. The largest absolute Gasteiger partial charge is 0.351 e. The van der Waals surface area contributed by atoms with Gasteiger partial charge in [-0.15, -0.1) is 0 Å². The summed E-state index contributed by atoms with van der Waals surface area (Å²) < 4.78 is 2.09. The molecule has 4 fully saturated rings. The number of hydrogen-bond donors (Lipinski definition) is 1. The van der Waals surface area contributed by atoms with E-state index < -0.39 is 0 Å². The monoisotopic (exact) mass is 349 g/mol. The van der Waals surface area contributed by atoms with Crippen molar-refractivity contribution in [3.05, 3.63) is 48.0 Å². The zero-order valence-corrected chi connectivity index (χ0v) is 15.4. The van der Waals surface area contributed by atoms with E-state index in [4.69, 9.17) is 0 Å². The van der Waals surface area contributed by atoms with Crippen molar-refractivity contribution in [3.63, 3.8) is 0 Å².